The van der Waals surface area contributed by atoms with Crippen LogP contribution in [0.4, 0.5) is 0 Å². The summed E-state index contributed by atoms with van der Waals surface area (Å²) in [4.78, 5) is 20.4. The molecule has 0 atom stereocenters. The molecule has 24 heavy (non-hydrogen) atoms. The lowest BCUT2D eigenvalue weighted by molar-refractivity contribution is -0.121. The van der Waals surface area contributed by atoms with Gasteiger partial charge in [-0.2, -0.15) is 0 Å². The molecule has 0 bridgehead atoms. The van der Waals surface area contributed by atoms with Gasteiger partial charge in [-0.25, -0.2) is 0 Å². The normalized spacial score (nSPS) is 10.5. The van der Waals surface area contributed by atoms with E-state index in [4.69, 9.17) is 4.74 Å². The molecule has 122 valence electrons. The van der Waals surface area contributed by atoms with E-state index in [1.54, 1.807) is 12.4 Å². The molecule has 0 radical (unpaired) electrons. The van der Waals surface area contributed by atoms with Crippen LogP contribution >= 0.6 is 0 Å². The molecular weight excluding hydrogens is 302 g/mol. The van der Waals surface area contributed by atoms with Crippen molar-refractivity contribution in [2.45, 2.75) is 19.4 Å². The summed E-state index contributed by atoms with van der Waals surface area (Å²) in [5, 5.41) is 2.92. The van der Waals surface area contributed by atoms with Gasteiger partial charge in [0, 0.05) is 25.4 Å². The third-order valence-electron chi connectivity index (χ3n) is 3.58. The smallest absolute Gasteiger partial charge is 0.220 e. The summed E-state index contributed by atoms with van der Waals surface area (Å²) in [5.41, 5.74) is 2.70. The van der Waals surface area contributed by atoms with Crippen LogP contribution in [0.15, 0.2) is 60.9 Å². The molecule has 0 saturated carbocycles. The first-order valence-electron chi connectivity index (χ1n) is 7.95. The van der Waals surface area contributed by atoms with Crippen LogP contribution in [-0.4, -0.2) is 22.5 Å². The number of nitrogens with zero attached hydrogens (tertiary/aromatic N) is 2. The van der Waals surface area contributed by atoms with E-state index < -0.39 is 0 Å². The lowest BCUT2D eigenvalue weighted by Gasteiger charge is -2.07. The summed E-state index contributed by atoms with van der Waals surface area (Å²) in [6.45, 7) is 1.02. The number of rotatable bonds is 7. The quantitative estimate of drug-likeness (QED) is 0.679. The summed E-state index contributed by atoms with van der Waals surface area (Å²) < 4.78 is 5.57. The lowest BCUT2D eigenvalue weighted by atomic mass is 10.2. The number of nitrogens with one attached hydrogen (secondary N) is 1. The minimum absolute atomic E-state index is 0.0194. The van der Waals surface area contributed by atoms with Gasteiger partial charge >= 0.3 is 0 Å². The van der Waals surface area contributed by atoms with E-state index in [-0.39, 0.29) is 5.91 Å². The van der Waals surface area contributed by atoms with Crippen molar-refractivity contribution in [3.05, 3.63) is 66.5 Å². The van der Waals surface area contributed by atoms with Crippen LogP contribution in [0.1, 0.15) is 18.4 Å². The lowest BCUT2D eigenvalue weighted by Crippen LogP contribution is -2.23. The van der Waals surface area contributed by atoms with Crippen LogP contribution in [0.2, 0.25) is 0 Å². The minimum atomic E-state index is 0.0194. The van der Waals surface area contributed by atoms with E-state index in [0.717, 1.165) is 22.3 Å². The van der Waals surface area contributed by atoms with Crippen molar-refractivity contribution in [3.63, 3.8) is 0 Å². The highest BCUT2D eigenvalue weighted by molar-refractivity contribution is 5.77. The Morgan fingerprint density at radius 3 is 2.62 bits per heavy atom. The Kier molecular flexibility index (Phi) is 5.35. The third kappa shape index (κ3) is 4.52. The predicted molar refractivity (Wildman–Crippen MR) is 92.6 cm³/mol. The molecule has 5 nitrogen and oxygen atoms in total. The van der Waals surface area contributed by atoms with Gasteiger partial charge in [-0.1, -0.05) is 24.3 Å². The van der Waals surface area contributed by atoms with E-state index in [2.05, 4.69) is 15.3 Å². The summed E-state index contributed by atoms with van der Waals surface area (Å²) in [6.07, 6.45) is 4.46. The molecule has 5 heteroatoms. The van der Waals surface area contributed by atoms with Crippen molar-refractivity contribution in [1.82, 2.24) is 15.3 Å². The third-order valence-corrected chi connectivity index (χ3v) is 3.58. The molecule has 0 unspecified atom stereocenters. The summed E-state index contributed by atoms with van der Waals surface area (Å²) in [5.74, 6) is 0.848. The topological polar surface area (TPSA) is 64.1 Å². The first-order chi connectivity index (χ1) is 11.8. The zero-order chi connectivity index (χ0) is 16.6. The van der Waals surface area contributed by atoms with Gasteiger partial charge in [-0.15, -0.1) is 0 Å². The van der Waals surface area contributed by atoms with E-state index >= 15 is 0 Å². The summed E-state index contributed by atoms with van der Waals surface area (Å²) >= 11 is 0. The number of ether oxygens (including phenoxy) is 1. The van der Waals surface area contributed by atoms with Crippen LogP contribution < -0.4 is 10.1 Å². The van der Waals surface area contributed by atoms with E-state index in [1.807, 2.05) is 48.5 Å². The number of para-hydroxylation sites is 1. The molecule has 1 N–H and O–H groups in total. The average molecular weight is 321 g/mol. The number of carbonyl (C=O) groups is 1. The van der Waals surface area contributed by atoms with Gasteiger partial charge in [0.2, 0.25) is 5.91 Å². The monoisotopic (exact) mass is 321 g/mol. The van der Waals surface area contributed by atoms with Crippen molar-refractivity contribution in [2.75, 3.05) is 6.61 Å². The largest absolute Gasteiger partial charge is 0.494 e. The Bertz CT molecular complexity index is 806. The second kappa shape index (κ2) is 8.06. The Morgan fingerprint density at radius 2 is 1.79 bits per heavy atom. The first-order valence-corrected chi connectivity index (χ1v) is 7.95. The second-order valence-corrected chi connectivity index (χ2v) is 5.42. The molecule has 3 rings (SSSR count). The molecule has 0 spiro atoms. The minimum Gasteiger partial charge on any atom is -0.494 e. The molecule has 3 aromatic rings. The van der Waals surface area contributed by atoms with Crippen LogP contribution in [0.25, 0.3) is 11.0 Å². The zero-order valence-corrected chi connectivity index (χ0v) is 13.3. The number of aromatic nitrogens is 2. The van der Waals surface area contributed by atoms with Gasteiger partial charge in [0.1, 0.15) is 5.75 Å². The fourth-order valence-corrected chi connectivity index (χ4v) is 2.35. The first kappa shape index (κ1) is 15.9. The molecule has 0 aliphatic rings. The molecule has 2 aromatic carbocycles. The highest BCUT2D eigenvalue weighted by Crippen LogP contribution is 2.11. The number of hydrogen-bond acceptors (Lipinski definition) is 4. The number of hydrogen-bond donors (Lipinski definition) is 1. The molecule has 0 aliphatic heterocycles. The SMILES string of the molecule is O=C(CCCOc1ccccc1)NCc1ccc2nccnc2c1. The second-order valence-electron chi connectivity index (χ2n) is 5.42. The van der Waals surface area contributed by atoms with Crippen LogP contribution in [-0.2, 0) is 11.3 Å². The van der Waals surface area contributed by atoms with Crippen LogP contribution in [0.5, 0.6) is 5.75 Å². The molecule has 1 aromatic heterocycles. The van der Waals surface area contributed by atoms with Gasteiger partial charge < -0.3 is 10.1 Å². The number of benzene rings is 2. The predicted octanol–water partition coefficient (Wildman–Crippen LogP) is 3.11. The maximum absolute atomic E-state index is 11.9. The van der Waals surface area contributed by atoms with Crippen molar-refractivity contribution < 1.29 is 9.53 Å². The maximum Gasteiger partial charge on any atom is 0.220 e. The van der Waals surface area contributed by atoms with Gasteiger partial charge in [0.25, 0.3) is 0 Å². The number of carbonyl (C=O) groups excluding carboxylic acids is 1. The Morgan fingerprint density at radius 1 is 1.00 bits per heavy atom. The van der Waals surface area contributed by atoms with Crippen molar-refractivity contribution in [1.29, 1.82) is 0 Å². The Balaban J connectivity index is 1.40. The van der Waals surface area contributed by atoms with Gasteiger partial charge in [-0.05, 0) is 36.2 Å². The molecule has 1 amide bonds. The fraction of sp³-hybridized carbons (Fsp3) is 0.211. The maximum atomic E-state index is 11.9. The van der Waals surface area contributed by atoms with Gasteiger partial charge in [0.15, 0.2) is 0 Å². The van der Waals surface area contributed by atoms with Gasteiger partial charge in [0.05, 0.1) is 17.6 Å². The van der Waals surface area contributed by atoms with Crippen molar-refractivity contribution in [2.24, 2.45) is 0 Å². The van der Waals surface area contributed by atoms with Crippen LogP contribution in [0, 0.1) is 0 Å². The van der Waals surface area contributed by atoms with E-state index in [9.17, 15) is 4.79 Å². The van der Waals surface area contributed by atoms with E-state index in [0.29, 0.717) is 26.0 Å². The summed E-state index contributed by atoms with van der Waals surface area (Å²) in [6, 6.07) is 15.4. The Hall–Kier alpha value is -2.95. The molecule has 0 saturated heterocycles. The molecule has 0 aliphatic carbocycles. The van der Waals surface area contributed by atoms with Crippen molar-refractivity contribution in [3.8, 4) is 5.75 Å². The van der Waals surface area contributed by atoms with Gasteiger partial charge in [-0.3, -0.25) is 14.8 Å². The molecule has 1 heterocycles. The van der Waals surface area contributed by atoms with Crippen LogP contribution in [0.3, 0.4) is 0 Å². The number of fused-ring (bicyclic) bond motifs is 1. The highest BCUT2D eigenvalue weighted by atomic mass is 16.5. The Labute approximate surface area is 140 Å². The standard InChI is InChI=1S/C19H19N3O2/c23-19(7-4-12-24-16-5-2-1-3-6-16)22-14-15-8-9-17-18(13-15)21-11-10-20-17/h1-3,5-6,8-11,13H,4,7,12,14H2,(H,22,23). The highest BCUT2D eigenvalue weighted by Gasteiger charge is 2.03. The average Bonchev–Trinajstić information content (AvgIpc) is 2.64. The van der Waals surface area contributed by atoms with E-state index in [1.165, 1.54) is 0 Å². The zero-order valence-electron chi connectivity index (χ0n) is 13.3. The summed E-state index contributed by atoms with van der Waals surface area (Å²) in [7, 11) is 0. The molecular formula is C19H19N3O2. The number of amides is 1. The molecule has 0 fully saturated rings. The van der Waals surface area contributed by atoms with Crippen molar-refractivity contribution >= 4 is 16.9 Å². The fourth-order valence-electron chi connectivity index (χ4n) is 2.35.